The second-order valence-electron chi connectivity index (χ2n) is 5.73. The highest BCUT2D eigenvalue weighted by atomic mass is 19.2. The number of rotatable bonds is 2. The fraction of sp³-hybridized carbons (Fsp3) is 0.286. The maximum absolute atomic E-state index is 13.5. The highest BCUT2D eigenvalue weighted by Crippen LogP contribution is 2.26. The third-order valence-electron chi connectivity index (χ3n) is 2.93. The lowest BCUT2D eigenvalue weighted by molar-refractivity contribution is 0.101. The lowest BCUT2D eigenvalue weighted by Gasteiger charge is -2.12. The van der Waals surface area contributed by atoms with Gasteiger partial charge in [0.1, 0.15) is 11.3 Å². The van der Waals surface area contributed by atoms with Crippen LogP contribution in [0, 0.1) is 29.1 Å². The summed E-state index contributed by atoms with van der Waals surface area (Å²) < 4.78 is 71.1. The largest absolute Gasteiger partial charge is 0.359 e. The number of hydrogen-bond donors (Lipinski definition) is 1. The Hall–Kier alpha value is -2.45. The summed E-state index contributed by atoms with van der Waals surface area (Å²) in [4.78, 5) is 11.8. The van der Waals surface area contributed by atoms with Crippen molar-refractivity contribution in [1.82, 2.24) is 5.16 Å². The number of amides is 1. The lowest BCUT2D eigenvalue weighted by atomic mass is 9.93. The Kier molecular flexibility index (Phi) is 4.14. The zero-order valence-electron chi connectivity index (χ0n) is 12.2. The smallest absolute Gasteiger partial charge is 0.263 e. The van der Waals surface area contributed by atoms with Crippen molar-refractivity contribution in [1.29, 1.82) is 0 Å². The van der Waals surface area contributed by atoms with Crippen LogP contribution < -0.4 is 5.32 Å². The fourth-order valence-electron chi connectivity index (χ4n) is 1.67. The number of halogens is 5. The van der Waals surface area contributed by atoms with E-state index in [1.54, 1.807) is 20.8 Å². The quantitative estimate of drug-likeness (QED) is 0.514. The number of benzene rings is 1. The Morgan fingerprint density at radius 3 is 1.91 bits per heavy atom. The molecule has 0 spiro atoms. The molecule has 2 rings (SSSR count). The van der Waals surface area contributed by atoms with Gasteiger partial charge in [0.2, 0.25) is 5.82 Å². The van der Waals surface area contributed by atoms with E-state index >= 15 is 0 Å². The van der Waals surface area contributed by atoms with Crippen LogP contribution >= 0.6 is 0 Å². The van der Waals surface area contributed by atoms with Crippen LogP contribution in [0.25, 0.3) is 0 Å². The second-order valence-corrected chi connectivity index (χ2v) is 5.73. The SMILES string of the molecule is CC(C)(C)c1cc(NC(=O)c2c(F)c(F)c(F)c(F)c2F)no1. The first-order valence-electron chi connectivity index (χ1n) is 6.34. The summed E-state index contributed by atoms with van der Waals surface area (Å²) in [6.07, 6.45) is 0. The van der Waals surface area contributed by atoms with Gasteiger partial charge in [-0.15, -0.1) is 0 Å². The Balaban J connectivity index is 2.37. The van der Waals surface area contributed by atoms with Crippen molar-refractivity contribution in [2.24, 2.45) is 0 Å². The molecule has 0 aliphatic carbocycles. The average Bonchev–Trinajstić information content (AvgIpc) is 2.92. The van der Waals surface area contributed by atoms with Crippen LogP contribution in [0.15, 0.2) is 10.6 Å². The molecule has 9 heteroatoms. The molecule has 1 heterocycles. The van der Waals surface area contributed by atoms with Crippen molar-refractivity contribution in [2.75, 3.05) is 5.32 Å². The van der Waals surface area contributed by atoms with E-state index in [2.05, 4.69) is 5.16 Å². The van der Waals surface area contributed by atoms with E-state index in [9.17, 15) is 26.7 Å². The molecule has 0 bridgehead atoms. The molecule has 0 saturated heterocycles. The molecular weight excluding hydrogens is 323 g/mol. The molecular formula is C14H11F5N2O2. The number of carbonyl (C=O) groups excluding carboxylic acids is 1. The molecule has 1 amide bonds. The third-order valence-corrected chi connectivity index (χ3v) is 2.93. The van der Waals surface area contributed by atoms with Gasteiger partial charge in [-0.1, -0.05) is 25.9 Å². The predicted octanol–water partition coefficient (Wildman–Crippen LogP) is 3.92. The molecule has 1 aromatic carbocycles. The van der Waals surface area contributed by atoms with Crippen molar-refractivity contribution in [3.8, 4) is 0 Å². The Morgan fingerprint density at radius 1 is 1.00 bits per heavy atom. The van der Waals surface area contributed by atoms with Crippen LogP contribution in [0.5, 0.6) is 0 Å². The molecule has 1 aromatic heterocycles. The van der Waals surface area contributed by atoms with Gasteiger partial charge in [-0.25, -0.2) is 22.0 Å². The highest BCUT2D eigenvalue weighted by Gasteiger charge is 2.30. The molecule has 1 N–H and O–H groups in total. The highest BCUT2D eigenvalue weighted by molar-refractivity contribution is 6.04. The number of hydrogen-bond acceptors (Lipinski definition) is 3. The Labute approximate surface area is 127 Å². The molecule has 0 fully saturated rings. The summed E-state index contributed by atoms with van der Waals surface area (Å²) in [5.41, 5.74) is -2.05. The van der Waals surface area contributed by atoms with Crippen molar-refractivity contribution >= 4 is 11.7 Å². The monoisotopic (exact) mass is 334 g/mol. The van der Waals surface area contributed by atoms with E-state index < -0.39 is 46.0 Å². The van der Waals surface area contributed by atoms with Gasteiger partial charge in [0.25, 0.3) is 5.91 Å². The van der Waals surface area contributed by atoms with Crippen LogP contribution in [0.3, 0.4) is 0 Å². The number of nitrogens with zero attached hydrogens (tertiary/aromatic N) is 1. The van der Waals surface area contributed by atoms with Crippen molar-refractivity contribution in [2.45, 2.75) is 26.2 Å². The van der Waals surface area contributed by atoms with Crippen LogP contribution in [0.1, 0.15) is 36.9 Å². The van der Waals surface area contributed by atoms with Gasteiger partial charge in [-0.3, -0.25) is 4.79 Å². The zero-order chi connectivity index (χ0) is 17.5. The van der Waals surface area contributed by atoms with E-state index in [0.29, 0.717) is 5.76 Å². The molecule has 0 aliphatic rings. The fourth-order valence-corrected chi connectivity index (χ4v) is 1.67. The Bertz CT molecular complexity index is 751. The van der Waals surface area contributed by atoms with E-state index in [0.717, 1.165) is 0 Å². The lowest BCUT2D eigenvalue weighted by Crippen LogP contribution is -2.19. The third kappa shape index (κ3) is 3.03. The summed E-state index contributed by atoms with van der Waals surface area (Å²) in [5, 5.41) is 5.38. The number of anilines is 1. The topological polar surface area (TPSA) is 55.1 Å². The van der Waals surface area contributed by atoms with Crippen LogP contribution in [-0.4, -0.2) is 11.1 Å². The molecule has 0 unspecified atom stereocenters. The van der Waals surface area contributed by atoms with Gasteiger partial charge >= 0.3 is 0 Å². The first-order chi connectivity index (χ1) is 10.5. The maximum atomic E-state index is 13.5. The molecule has 0 saturated carbocycles. The molecule has 4 nitrogen and oxygen atoms in total. The summed E-state index contributed by atoms with van der Waals surface area (Å²) in [7, 11) is 0. The summed E-state index contributed by atoms with van der Waals surface area (Å²) in [6.45, 7) is 5.34. The molecule has 124 valence electrons. The molecule has 0 atom stereocenters. The van der Waals surface area contributed by atoms with Gasteiger partial charge in [0, 0.05) is 11.5 Å². The zero-order valence-corrected chi connectivity index (χ0v) is 12.2. The van der Waals surface area contributed by atoms with Crippen LogP contribution in [0.2, 0.25) is 0 Å². The first-order valence-corrected chi connectivity index (χ1v) is 6.34. The standard InChI is InChI=1S/C14H11F5N2O2/c1-14(2,3)5-4-6(21-23-5)20-13(22)7-8(15)10(17)12(19)11(18)9(7)16/h4H,1-3H3,(H,20,21,22). The molecule has 2 aromatic rings. The second kappa shape index (κ2) is 5.64. The summed E-state index contributed by atoms with van der Waals surface area (Å²) in [5.74, 6) is -12.6. The average molecular weight is 334 g/mol. The van der Waals surface area contributed by atoms with Gasteiger partial charge in [0.15, 0.2) is 29.1 Å². The minimum absolute atomic E-state index is 0.219. The molecule has 23 heavy (non-hydrogen) atoms. The van der Waals surface area contributed by atoms with Crippen molar-refractivity contribution < 1.29 is 31.3 Å². The molecule has 0 aliphatic heterocycles. The van der Waals surface area contributed by atoms with E-state index in [1.807, 2.05) is 5.32 Å². The molecule has 0 radical (unpaired) electrons. The predicted molar refractivity (Wildman–Crippen MR) is 69.4 cm³/mol. The van der Waals surface area contributed by atoms with Gasteiger partial charge < -0.3 is 9.84 Å². The van der Waals surface area contributed by atoms with E-state index in [1.165, 1.54) is 6.07 Å². The van der Waals surface area contributed by atoms with E-state index in [4.69, 9.17) is 4.52 Å². The van der Waals surface area contributed by atoms with Gasteiger partial charge in [0.05, 0.1) is 0 Å². The number of aromatic nitrogens is 1. The van der Waals surface area contributed by atoms with E-state index in [-0.39, 0.29) is 5.82 Å². The normalized spacial score (nSPS) is 11.7. The minimum atomic E-state index is -2.34. The van der Waals surface area contributed by atoms with Crippen LogP contribution in [0.4, 0.5) is 27.8 Å². The number of carbonyl (C=O) groups is 1. The van der Waals surface area contributed by atoms with Crippen molar-refractivity contribution in [3.63, 3.8) is 0 Å². The first kappa shape index (κ1) is 16.9. The maximum Gasteiger partial charge on any atom is 0.263 e. The minimum Gasteiger partial charge on any atom is -0.359 e. The Morgan fingerprint density at radius 2 is 1.48 bits per heavy atom. The van der Waals surface area contributed by atoms with Gasteiger partial charge in [-0.05, 0) is 0 Å². The number of nitrogens with one attached hydrogen (secondary N) is 1. The summed E-state index contributed by atoms with van der Waals surface area (Å²) in [6, 6.07) is 1.28. The van der Waals surface area contributed by atoms with Crippen LogP contribution in [-0.2, 0) is 5.41 Å². The van der Waals surface area contributed by atoms with Gasteiger partial charge in [-0.2, -0.15) is 0 Å². The summed E-state index contributed by atoms with van der Waals surface area (Å²) >= 11 is 0. The van der Waals surface area contributed by atoms with Crippen molar-refractivity contribution in [3.05, 3.63) is 46.5 Å².